The highest BCUT2D eigenvalue weighted by Gasteiger charge is 2.28. The van der Waals surface area contributed by atoms with Crippen molar-refractivity contribution in [1.82, 2.24) is 4.90 Å². The van der Waals surface area contributed by atoms with Crippen LogP contribution >= 0.6 is 22.6 Å². The number of halogens is 2. The van der Waals surface area contributed by atoms with Gasteiger partial charge in [-0.1, -0.05) is 0 Å². The van der Waals surface area contributed by atoms with Crippen LogP contribution in [0, 0.1) is 3.57 Å². The van der Waals surface area contributed by atoms with Crippen LogP contribution in [0.1, 0.15) is 6.42 Å². The number of benzene rings is 1. The zero-order valence-electron chi connectivity index (χ0n) is 9.20. The molecule has 1 fully saturated rings. The Labute approximate surface area is 109 Å². The number of piperidine rings is 1. The van der Waals surface area contributed by atoms with Gasteiger partial charge in [0.05, 0.1) is 0 Å². The monoisotopic (exact) mass is 335 g/mol. The van der Waals surface area contributed by atoms with Gasteiger partial charge in [-0.05, 0) is 60.3 Å². The van der Waals surface area contributed by atoms with Crippen molar-refractivity contribution in [2.24, 2.45) is 0 Å². The molecule has 0 unspecified atom stereocenters. The highest BCUT2D eigenvalue weighted by molar-refractivity contribution is 14.1. The van der Waals surface area contributed by atoms with Gasteiger partial charge in [0.2, 0.25) is 0 Å². The van der Waals surface area contributed by atoms with E-state index < -0.39 is 6.17 Å². The molecule has 0 aliphatic carbocycles. The molecule has 0 spiro atoms. The summed E-state index contributed by atoms with van der Waals surface area (Å²) in [7, 11) is 1.94. The lowest BCUT2D eigenvalue weighted by Crippen LogP contribution is -2.45. The van der Waals surface area contributed by atoms with Crippen molar-refractivity contribution in [2.75, 3.05) is 20.1 Å². The zero-order valence-corrected chi connectivity index (χ0v) is 11.4. The van der Waals surface area contributed by atoms with Gasteiger partial charge in [-0.15, -0.1) is 0 Å². The van der Waals surface area contributed by atoms with Crippen LogP contribution in [-0.2, 0) is 0 Å². The van der Waals surface area contributed by atoms with E-state index in [4.69, 9.17) is 4.74 Å². The van der Waals surface area contributed by atoms with Gasteiger partial charge in [0, 0.05) is 16.7 Å². The SMILES string of the molecule is CN1CC[C@@H](Oc2ccc(I)cc2)[C@@H](F)C1. The van der Waals surface area contributed by atoms with Gasteiger partial charge >= 0.3 is 0 Å². The first-order valence-electron chi connectivity index (χ1n) is 5.40. The molecule has 16 heavy (non-hydrogen) atoms. The van der Waals surface area contributed by atoms with E-state index in [1.165, 1.54) is 0 Å². The molecule has 4 heteroatoms. The lowest BCUT2D eigenvalue weighted by atomic mass is 10.1. The molecule has 2 atom stereocenters. The minimum absolute atomic E-state index is 0.295. The van der Waals surface area contributed by atoms with Crippen LogP contribution in [0.2, 0.25) is 0 Å². The summed E-state index contributed by atoms with van der Waals surface area (Å²) >= 11 is 2.24. The summed E-state index contributed by atoms with van der Waals surface area (Å²) in [6.07, 6.45) is -0.432. The van der Waals surface area contributed by atoms with Crippen LogP contribution in [0.15, 0.2) is 24.3 Å². The average Bonchev–Trinajstić information content (AvgIpc) is 2.25. The number of likely N-dealkylation sites (tertiary alicyclic amines) is 1. The fourth-order valence-corrected chi connectivity index (χ4v) is 2.22. The van der Waals surface area contributed by atoms with E-state index in [1.807, 2.05) is 36.2 Å². The van der Waals surface area contributed by atoms with Gasteiger partial charge in [0.1, 0.15) is 18.0 Å². The molecule has 88 valence electrons. The van der Waals surface area contributed by atoms with Crippen LogP contribution in [0.25, 0.3) is 0 Å². The summed E-state index contributed by atoms with van der Waals surface area (Å²) in [4.78, 5) is 2.00. The number of nitrogens with zero attached hydrogens (tertiary/aromatic N) is 1. The molecule has 1 aromatic rings. The molecule has 0 bridgehead atoms. The van der Waals surface area contributed by atoms with Gasteiger partial charge in [-0.25, -0.2) is 4.39 Å². The molecule has 0 radical (unpaired) electrons. The maximum Gasteiger partial charge on any atom is 0.149 e. The van der Waals surface area contributed by atoms with Crippen molar-refractivity contribution in [2.45, 2.75) is 18.7 Å². The summed E-state index contributed by atoms with van der Waals surface area (Å²) in [5.41, 5.74) is 0. The van der Waals surface area contributed by atoms with Crippen LogP contribution in [0.4, 0.5) is 4.39 Å². The smallest absolute Gasteiger partial charge is 0.149 e. The number of alkyl halides is 1. The normalized spacial score (nSPS) is 26.7. The number of hydrogen-bond donors (Lipinski definition) is 0. The van der Waals surface area contributed by atoms with E-state index in [0.717, 1.165) is 22.3 Å². The Balaban J connectivity index is 1.96. The Bertz CT molecular complexity index is 343. The topological polar surface area (TPSA) is 12.5 Å². The van der Waals surface area contributed by atoms with Crippen molar-refractivity contribution >= 4 is 22.6 Å². The van der Waals surface area contributed by atoms with E-state index in [0.29, 0.717) is 6.54 Å². The second-order valence-corrected chi connectivity index (χ2v) is 5.42. The van der Waals surface area contributed by atoms with Crippen molar-refractivity contribution < 1.29 is 9.13 Å². The second-order valence-electron chi connectivity index (χ2n) is 4.18. The van der Waals surface area contributed by atoms with E-state index >= 15 is 0 Å². The Morgan fingerprint density at radius 1 is 1.38 bits per heavy atom. The Kier molecular flexibility index (Phi) is 4.02. The highest BCUT2D eigenvalue weighted by Crippen LogP contribution is 2.21. The quantitative estimate of drug-likeness (QED) is 0.771. The maximum atomic E-state index is 13.7. The predicted molar refractivity (Wildman–Crippen MR) is 70.6 cm³/mol. The first kappa shape index (κ1) is 12.1. The Morgan fingerprint density at radius 2 is 2.06 bits per heavy atom. The standard InChI is InChI=1S/C12H15FINO/c1-15-7-6-12(11(13)8-15)16-10-4-2-9(14)3-5-10/h2-5,11-12H,6-8H2,1H3/t11-,12+/m0/s1. The summed E-state index contributed by atoms with van der Waals surface area (Å²) < 4.78 is 20.5. The zero-order chi connectivity index (χ0) is 11.5. The van der Waals surface area contributed by atoms with Gasteiger partial charge in [-0.3, -0.25) is 0 Å². The minimum Gasteiger partial charge on any atom is -0.487 e. The van der Waals surface area contributed by atoms with Crippen LogP contribution in [0.5, 0.6) is 5.75 Å². The van der Waals surface area contributed by atoms with Gasteiger partial charge in [-0.2, -0.15) is 0 Å². The van der Waals surface area contributed by atoms with Crippen molar-refractivity contribution in [3.05, 3.63) is 27.8 Å². The largest absolute Gasteiger partial charge is 0.487 e. The second kappa shape index (κ2) is 5.31. The third-order valence-corrected chi connectivity index (χ3v) is 3.51. The van der Waals surface area contributed by atoms with Gasteiger partial charge in [0.25, 0.3) is 0 Å². The summed E-state index contributed by atoms with van der Waals surface area (Å²) in [5.74, 6) is 0.762. The van der Waals surface area contributed by atoms with Crippen LogP contribution in [-0.4, -0.2) is 37.3 Å². The first-order valence-corrected chi connectivity index (χ1v) is 6.48. The van der Waals surface area contributed by atoms with Crippen molar-refractivity contribution in [3.63, 3.8) is 0 Å². The molecule has 0 saturated carbocycles. The summed E-state index contributed by atoms with van der Waals surface area (Å²) in [6.45, 7) is 1.37. The van der Waals surface area contributed by atoms with Crippen LogP contribution in [0.3, 0.4) is 0 Å². The molecule has 1 aliphatic heterocycles. The van der Waals surface area contributed by atoms with Gasteiger partial charge < -0.3 is 9.64 Å². The molecule has 0 N–H and O–H groups in total. The molecule has 0 amide bonds. The lowest BCUT2D eigenvalue weighted by molar-refractivity contribution is 0.0313. The number of rotatable bonds is 2. The maximum absolute atomic E-state index is 13.7. The van der Waals surface area contributed by atoms with Crippen molar-refractivity contribution in [3.8, 4) is 5.75 Å². The average molecular weight is 335 g/mol. The Hall–Kier alpha value is -0.360. The fourth-order valence-electron chi connectivity index (χ4n) is 1.86. The molecule has 0 aromatic heterocycles. The van der Waals surface area contributed by atoms with Crippen LogP contribution < -0.4 is 4.74 Å². The number of hydrogen-bond acceptors (Lipinski definition) is 2. The molecular weight excluding hydrogens is 320 g/mol. The highest BCUT2D eigenvalue weighted by atomic mass is 127. The van der Waals surface area contributed by atoms with Gasteiger partial charge in [0.15, 0.2) is 0 Å². The first-order chi connectivity index (χ1) is 7.65. The molecule has 2 nitrogen and oxygen atoms in total. The number of ether oxygens (including phenoxy) is 1. The third kappa shape index (κ3) is 3.07. The van der Waals surface area contributed by atoms with E-state index in [-0.39, 0.29) is 6.10 Å². The van der Waals surface area contributed by atoms with E-state index in [9.17, 15) is 4.39 Å². The molecule has 1 heterocycles. The molecule has 2 rings (SSSR count). The van der Waals surface area contributed by atoms with Crippen molar-refractivity contribution in [1.29, 1.82) is 0 Å². The van der Waals surface area contributed by atoms with E-state index in [1.54, 1.807) is 0 Å². The summed E-state index contributed by atoms with van der Waals surface area (Å²) in [5, 5.41) is 0. The third-order valence-electron chi connectivity index (χ3n) is 2.79. The molecular formula is C12H15FINO. The fraction of sp³-hybridized carbons (Fsp3) is 0.500. The summed E-state index contributed by atoms with van der Waals surface area (Å²) in [6, 6.07) is 7.73. The predicted octanol–water partition coefficient (Wildman–Crippen LogP) is 2.71. The minimum atomic E-state index is -0.891. The molecule has 1 saturated heterocycles. The molecule has 1 aliphatic rings. The molecule has 1 aromatic carbocycles. The lowest BCUT2D eigenvalue weighted by Gasteiger charge is -2.32. The Morgan fingerprint density at radius 3 is 2.69 bits per heavy atom. The van der Waals surface area contributed by atoms with E-state index in [2.05, 4.69) is 22.6 Å².